The van der Waals surface area contributed by atoms with Crippen LogP contribution in [0.1, 0.15) is 5.56 Å². The number of benzene rings is 1. The Morgan fingerprint density at radius 2 is 2.22 bits per heavy atom. The molecule has 1 aromatic carbocycles. The molecule has 5 heteroatoms. The first-order valence-electron chi connectivity index (χ1n) is 5.67. The van der Waals surface area contributed by atoms with Crippen molar-refractivity contribution in [3.63, 3.8) is 0 Å². The number of anilines is 2. The number of nitrogens with two attached hydrogens (primary N) is 1. The highest BCUT2D eigenvalue weighted by Crippen LogP contribution is 2.25. The lowest BCUT2D eigenvalue weighted by molar-refractivity contribution is 0.202. The Labute approximate surface area is 105 Å². The molecule has 1 heterocycles. The predicted molar refractivity (Wildman–Crippen MR) is 69.5 cm³/mol. The topological polar surface area (TPSA) is 80.7 Å². The fourth-order valence-corrected chi connectivity index (χ4v) is 1.54. The van der Waals surface area contributed by atoms with Crippen molar-refractivity contribution in [2.45, 2.75) is 6.54 Å². The Morgan fingerprint density at radius 3 is 2.89 bits per heavy atom. The SMILES string of the molecule is Nc1cc(NCc2ccoc2)ccc1OCCO. The van der Waals surface area contributed by atoms with Crippen molar-refractivity contribution in [1.82, 2.24) is 0 Å². The smallest absolute Gasteiger partial charge is 0.142 e. The summed E-state index contributed by atoms with van der Waals surface area (Å²) in [6.07, 6.45) is 3.33. The molecule has 5 nitrogen and oxygen atoms in total. The number of nitrogen functional groups attached to an aromatic ring is 1. The van der Waals surface area contributed by atoms with Gasteiger partial charge in [0.1, 0.15) is 12.4 Å². The van der Waals surface area contributed by atoms with Gasteiger partial charge in [-0.05, 0) is 24.3 Å². The number of ether oxygens (including phenoxy) is 1. The molecule has 18 heavy (non-hydrogen) atoms. The molecule has 0 aliphatic heterocycles. The number of hydrogen-bond acceptors (Lipinski definition) is 5. The largest absolute Gasteiger partial charge is 0.489 e. The molecule has 0 atom stereocenters. The van der Waals surface area contributed by atoms with Crippen molar-refractivity contribution in [3.05, 3.63) is 42.4 Å². The minimum absolute atomic E-state index is 0.0278. The van der Waals surface area contributed by atoms with Crippen molar-refractivity contribution < 1.29 is 14.3 Å². The van der Waals surface area contributed by atoms with Gasteiger partial charge >= 0.3 is 0 Å². The summed E-state index contributed by atoms with van der Waals surface area (Å²) in [7, 11) is 0. The van der Waals surface area contributed by atoms with Crippen LogP contribution in [-0.2, 0) is 6.54 Å². The van der Waals surface area contributed by atoms with Gasteiger partial charge < -0.3 is 25.3 Å². The quantitative estimate of drug-likeness (QED) is 0.680. The van der Waals surface area contributed by atoms with E-state index in [1.165, 1.54) is 0 Å². The van der Waals surface area contributed by atoms with Crippen LogP contribution in [0, 0.1) is 0 Å². The Morgan fingerprint density at radius 1 is 1.33 bits per heavy atom. The number of aliphatic hydroxyl groups excluding tert-OH is 1. The van der Waals surface area contributed by atoms with Crippen molar-refractivity contribution >= 4 is 11.4 Å². The molecular formula is C13H16N2O3. The second kappa shape index (κ2) is 5.97. The van der Waals surface area contributed by atoms with Crippen LogP contribution >= 0.6 is 0 Å². The van der Waals surface area contributed by atoms with E-state index in [-0.39, 0.29) is 13.2 Å². The van der Waals surface area contributed by atoms with Gasteiger partial charge in [0, 0.05) is 17.8 Å². The highest BCUT2D eigenvalue weighted by Gasteiger charge is 2.02. The van der Waals surface area contributed by atoms with E-state index in [1.807, 2.05) is 12.1 Å². The van der Waals surface area contributed by atoms with Crippen LogP contribution in [0.25, 0.3) is 0 Å². The Hall–Kier alpha value is -2.14. The lowest BCUT2D eigenvalue weighted by atomic mass is 10.2. The van der Waals surface area contributed by atoms with E-state index in [2.05, 4.69) is 5.32 Å². The summed E-state index contributed by atoms with van der Waals surface area (Å²) < 4.78 is 10.3. The second-order valence-corrected chi connectivity index (χ2v) is 3.81. The average Bonchev–Trinajstić information content (AvgIpc) is 2.88. The summed E-state index contributed by atoms with van der Waals surface area (Å²) in [6.45, 7) is 0.888. The zero-order valence-corrected chi connectivity index (χ0v) is 9.93. The first kappa shape index (κ1) is 12.3. The first-order valence-corrected chi connectivity index (χ1v) is 5.67. The minimum Gasteiger partial charge on any atom is -0.489 e. The van der Waals surface area contributed by atoms with E-state index in [0.717, 1.165) is 11.3 Å². The van der Waals surface area contributed by atoms with Crippen LogP contribution in [0.15, 0.2) is 41.2 Å². The van der Waals surface area contributed by atoms with Gasteiger partial charge in [-0.2, -0.15) is 0 Å². The van der Waals surface area contributed by atoms with Crippen LogP contribution in [0.3, 0.4) is 0 Å². The first-order chi connectivity index (χ1) is 8.79. The van der Waals surface area contributed by atoms with Gasteiger partial charge in [0.25, 0.3) is 0 Å². The maximum absolute atomic E-state index is 8.68. The molecule has 0 amide bonds. The third-order valence-corrected chi connectivity index (χ3v) is 2.44. The monoisotopic (exact) mass is 248 g/mol. The average molecular weight is 248 g/mol. The van der Waals surface area contributed by atoms with Crippen LogP contribution in [0.5, 0.6) is 5.75 Å². The number of aliphatic hydroxyl groups is 1. The Bertz CT molecular complexity index is 483. The van der Waals surface area contributed by atoms with Crippen molar-refractivity contribution in [3.8, 4) is 5.75 Å². The molecule has 0 unspecified atom stereocenters. The predicted octanol–water partition coefficient (Wildman–Crippen LogP) is 1.85. The summed E-state index contributed by atoms with van der Waals surface area (Å²) in [5, 5.41) is 11.9. The van der Waals surface area contributed by atoms with Crippen LogP contribution in [0.4, 0.5) is 11.4 Å². The van der Waals surface area contributed by atoms with Crippen LogP contribution in [-0.4, -0.2) is 18.3 Å². The van der Waals surface area contributed by atoms with E-state index in [9.17, 15) is 0 Å². The molecule has 0 radical (unpaired) electrons. The molecule has 0 saturated heterocycles. The van der Waals surface area contributed by atoms with Gasteiger partial charge in [0.05, 0.1) is 24.8 Å². The van der Waals surface area contributed by atoms with Crippen LogP contribution < -0.4 is 15.8 Å². The molecule has 2 aromatic rings. The highest BCUT2D eigenvalue weighted by atomic mass is 16.5. The third kappa shape index (κ3) is 3.18. The Kier molecular flexibility index (Phi) is 4.09. The molecular weight excluding hydrogens is 232 g/mol. The minimum atomic E-state index is -0.0278. The Balaban J connectivity index is 1.95. The molecule has 0 spiro atoms. The third-order valence-electron chi connectivity index (χ3n) is 2.44. The van der Waals surface area contributed by atoms with E-state index in [1.54, 1.807) is 24.7 Å². The van der Waals surface area contributed by atoms with E-state index < -0.39 is 0 Å². The van der Waals surface area contributed by atoms with Crippen LogP contribution in [0.2, 0.25) is 0 Å². The summed E-state index contributed by atoms with van der Waals surface area (Å²) in [5.41, 5.74) is 8.36. The van der Waals surface area contributed by atoms with Crippen molar-refractivity contribution in [1.29, 1.82) is 0 Å². The molecule has 0 aliphatic carbocycles. The maximum Gasteiger partial charge on any atom is 0.142 e. The molecule has 2 rings (SSSR count). The number of nitrogens with one attached hydrogen (secondary N) is 1. The zero-order chi connectivity index (χ0) is 12.8. The van der Waals surface area contributed by atoms with Crippen molar-refractivity contribution in [2.24, 2.45) is 0 Å². The second-order valence-electron chi connectivity index (χ2n) is 3.81. The summed E-state index contributed by atoms with van der Waals surface area (Å²) in [6, 6.07) is 7.35. The van der Waals surface area contributed by atoms with Gasteiger partial charge in [-0.25, -0.2) is 0 Å². The standard InChI is InChI=1S/C13H16N2O3/c14-12-7-11(1-2-13(12)18-6-4-16)15-8-10-3-5-17-9-10/h1-3,5,7,9,15-16H,4,6,8,14H2. The summed E-state index contributed by atoms with van der Waals surface area (Å²) in [5.74, 6) is 0.581. The van der Waals surface area contributed by atoms with Crippen molar-refractivity contribution in [2.75, 3.05) is 24.3 Å². The van der Waals surface area contributed by atoms with Gasteiger partial charge in [-0.15, -0.1) is 0 Å². The normalized spacial score (nSPS) is 10.3. The maximum atomic E-state index is 8.68. The van der Waals surface area contributed by atoms with Gasteiger partial charge in [-0.3, -0.25) is 0 Å². The number of furan rings is 1. The lowest BCUT2D eigenvalue weighted by Crippen LogP contribution is -2.04. The summed E-state index contributed by atoms with van der Waals surface area (Å²) >= 11 is 0. The molecule has 0 fully saturated rings. The molecule has 0 aliphatic rings. The van der Waals surface area contributed by atoms with E-state index in [4.69, 9.17) is 20.0 Å². The van der Waals surface area contributed by atoms with Gasteiger partial charge in [0.2, 0.25) is 0 Å². The lowest BCUT2D eigenvalue weighted by Gasteiger charge is -2.10. The summed E-state index contributed by atoms with van der Waals surface area (Å²) in [4.78, 5) is 0. The molecule has 0 saturated carbocycles. The van der Waals surface area contributed by atoms with E-state index >= 15 is 0 Å². The fourth-order valence-electron chi connectivity index (χ4n) is 1.54. The van der Waals surface area contributed by atoms with Gasteiger partial charge in [-0.1, -0.05) is 0 Å². The van der Waals surface area contributed by atoms with Gasteiger partial charge in [0.15, 0.2) is 0 Å². The zero-order valence-electron chi connectivity index (χ0n) is 9.93. The fraction of sp³-hybridized carbons (Fsp3) is 0.231. The number of rotatable bonds is 6. The molecule has 96 valence electrons. The van der Waals surface area contributed by atoms with E-state index in [0.29, 0.717) is 18.0 Å². The molecule has 4 N–H and O–H groups in total. The molecule has 1 aromatic heterocycles. The number of hydrogen-bond donors (Lipinski definition) is 3. The molecule has 0 bridgehead atoms. The highest BCUT2D eigenvalue weighted by molar-refractivity contribution is 5.62.